The molecule has 1 unspecified atom stereocenters. The average molecular weight is 427 g/mol. The molecule has 0 bridgehead atoms. The smallest absolute Gasteiger partial charge is 0.411 e. The fourth-order valence-corrected chi connectivity index (χ4v) is 2.52. The molecule has 1 atom stereocenters. The lowest BCUT2D eigenvalue weighted by atomic mass is 10.3. The largest absolute Gasteiger partial charge is 0.446 e. The number of benzene rings is 1. The van der Waals surface area contributed by atoms with Gasteiger partial charge in [0.1, 0.15) is 12.7 Å². The highest BCUT2D eigenvalue weighted by atomic mass is 35.5. The molecule has 12 heteroatoms. The summed E-state index contributed by atoms with van der Waals surface area (Å²) in [4.78, 5) is 11.6. The zero-order chi connectivity index (χ0) is 18.9. The van der Waals surface area contributed by atoms with Gasteiger partial charge in [-0.25, -0.2) is 4.79 Å². The number of amides is 1. The maximum absolute atomic E-state index is 13.3. The van der Waals surface area contributed by atoms with Crippen molar-refractivity contribution in [3.8, 4) is 0 Å². The fourth-order valence-electron chi connectivity index (χ4n) is 1.91. The Balaban J connectivity index is 1.92. The van der Waals surface area contributed by atoms with Crippen LogP contribution in [0.5, 0.6) is 0 Å². The van der Waals surface area contributed by atoms with E-state index in [1.807, 2.05) is 0 Å². The van der Waals surface area contributed by atoms with Gasteiger partial charge in [-0.05, 0) is 47.5 Å². The molecule has 5 nitrogen and oxygen atoms in total. The summed E-state index contributed by atoms with van der Waals surface area (Å²) in [6.07, 6.45) is -2.40. The van der Waals surface area contributed by atoms with Crippen molar-refractivity contribution >= 4 is 46.6 Å². The number of hydrogen-bond acceptors (Lipinski definition) is 4. The Morgan fingerprint density at radius 2 is 1.80 bits per heavy atom. The minimum atomic E-state index is -4.63. The Morgan fingerprint density at radius 1 is 1.24 bits per heavy atom. The Bertz CT molecular complexity index is 607. The van der Waals surface area contributed by atoms with Gasteiger partial charge in [0.05, 0.1) is 6.61 Å². The van der Waals surface area contributed by atoms with Crippen molar-refractivity contribution < 1.29 is 36.6 Å². The zero-order valence-corrected chi connectivity index (χ0v) is 14.3. The lowest BCUT2D eigenvalue weighted by Crippen LogP contribution is -2.57. The Labute approximate surface area is 154 Å². The van der Waals surface area contributed by atoms with E-state index in [0.29, 0.717) is 10.7 Å². The summed E-state index contributed by atoms with van der Waals surface area (Å²) >= 11 is 15.0. The van der Waals surface area contributed by atoms with Crippen LogP contribution in [0.15, 0.2) is 24.3 Å². The number of alkyl halides is 6. The van der Waals surface area contributed by atoms with E-state index < -0.39 is 42.0 Å². The molecule has 0 aliphatic carbocycles. The van der Waals surface area contributed by atoms with Gasteiger partial charge in [-0.15, -0.1) is 0 Å². The first-order valence-electron chi connectivity index (χ1n) is 6.59. The number of anilines is 1. The molecule has 0 aromatic heterocycles. The van der Waals surface area contributed by atoms with Crippen LogP contribution in [0.4, 0.5) is 28.0 Å². The van der Waals surface area contributed by atoms with Crippen LogP contribution in [0.1, 0.15) is 0 Å². The maximum Gasteiger partial charge on any atom is 0.411 e. The summed E-state index contributed by atoms with van der Waals surface area (Å²) in [5.41, 5.74) is 0.340. The number of hydrogen-bond donors (Lipinski definition) is 1. The molecule has 0 spiro atoms. The first-order valence-corrected chi connectivity index (χ1v) is 7.72. The lowest BCUT2D eigenvalue weighted by Gasteiger charge is -2.34. The van der Waals surface area contributed by atoms with Gasteiger partial charge in [0.15, 0.2) is 0 Å². The second kappa shape index (κ2) is 7.32. The molecule has 1 fully saturated rings. The molecule has 1 amide bonds. The molecule has 1 heterocycles. The second-order valence-electron chi connectivity index (χ2n) is 4.89. The van der Waals surface area contributed by atoms with Gasteiger partial charge in [0, 0.05) is 10.7 Å². The molecular weight excluding hydrogens is 416 g/mol. The third-order valence-electron chi connectivity index (χ3n) is 3.04. The predicted octanol–water partition coefficient (Wildman–Crippen LogP) is 4.66. The van der Waals surface area contributed by atoms with Crippen LogP contribution in [0, 0.1) is 0 Å². The van der Waals surface area contributed by atoms with Crippen LogP contribution in [-0.4, -0.2) is 42.0 Å². The van der Waals surface area contributed by atoms with Gasteiger partial charge in [-0.1, -0.05) is 11.6 Å². The van der Waals surface area contributed by atoms with Crippen LogP contribution in [0.25, 0.3) is 0 Å². The lowest BCUT2D eigenvalue weighted by molar-refractivity contribution is -0.329. The van der Waals surface area contributed by atoms with E-state index in [1.165, 1.54) is 24.3 Å². The first kappa shape index (κ1) is 20.3. The third-order valence-corrected chi connectivity index (χ3v) is 3.79. The van der Waals surface area contributed by atoms with E-state index in [0.717, 1.165) is 0 Å². The summed E-state index contributed by atoms with van der Waals surface area (Å²) in [5.74, 6) is -3.87. The SMILES string of the molecule is O=C(Nc1ccc(Cl)cc1)OCC1COC(C(F)(F)Cl)(C(F)(F)Cl)O1. The molecule has 0 radical (unpaired) electrons. The standard InChI is InChI=1S/C13H10Cl3F4NO4/c14-7-1-3-8(4-2-7)21-10(22)23-5-9-6-24-11(25-9,12(15,17)18)13(16,19)20/h1-4,9H,5-6H2,(H,21,22). The fraction of sp³-hybridized carbons (Fsp3) is 0.462. The first-order chi connectivity index (χ1) is 11.4. The molecule has 1 saturated heterocycles. The van der Waals surface area contributed by atoms with Crippen LogP contribution < -0.4 is 5.32 Å². The quantitative estimate of drug-likeness (QED) is 0.549. The van der Waals surface area contributed by atoms with E-state index in [4.69, 9.17) is 16.3 Å². The van der Waals surface area contributed by atoms with Gasteiger partial charge < -0.3 is 14.2 Å². The minimum Gasteiger partial charge on any atom is -0.446 e. The van der Waals surface area contributed by atoms with Crippen molar-refractivity contribution in [3.05, 3.63) is 29.3 Å². The molecule has 1 aromatic carbocycles. The number of nitrogens with one attached hydrogen (secondary N) is 1. The third kappa shape index (κ3) is 4.59. The predicted molar refractivity (Wildman–Crippen MR) is 81.6 cm³/mol. The van der Waals surface area contributed by atoms with Crippen molar-refractivity contribution in [3.63, 3.8) is 0 Å². The van der Waals surface area contributed by atoms with Crippen molar-refractivity contribution in [1.29, 1.82) is 0 Å². The zero-order valence-electron chi connectivity index (χ0n) is 12.1. The highest BCUT2D eigenvalue weighted by molar-refractivity contribution is 6.30. The van der Waals surface area contributed by atoms with Crippen LogP contribution in [-0.2, 0) is 14.2 Å². The molecule has 1 aliphatic rings. The molecule has 0 saturated carbocycles. The van der Waals surface area contributed by atoms with Gasteiger partial charge in [0.2, 0.25) is 0 Å². The topological polar surface area (TPSA) is 56.8 Å². The van der Waals surface area contributed by atoms with Crippen LogP contribution >= 0.6 is 34.8 Å². The normalized spacial score (nSPS) is 20.4. The molecule has 25 heavy (non-hydrogen) atoms. The Hall–Kier alpha value is -1.00. The second-order valence-corrected chi connectivity index (χ2v) is 6.28. The van der Waals surface area contributed by atoms with Crippen molar-refractivity contribution in [2.45, 2.75) is 22.7 Å². The molecule has 140 valence electrons. The van der Waals surface area contributed by atoms with E-state index >= 15 is 0 Å². The Morgan fingerprint density at radius 3 is 2.28 bits per heavy atom. The van der Waals surface area contributed by atoms with Gasteiger partial charge in [-0.2, -0.15) is 17.6 Å². The van der Waals surface area contributed by atoms with Gasteiger partial charge in [-0.3, -0.25) is 5.32 Å². The molecular formula is C13H10Cl3F4NO4. The van der Waals surface area contributed by atoms with E-state index in [2.05, 4.69) is 38.0 Å². The monoisotopic (exact) mass is 425 g/mol. The van der Waals surface area contributed by atoms with Crippen LogP contribution in [0.3, 0.4) is 0 Å². The number of carbonyl (C=O) groups is 1. The van der Waals surface area contributed by atoms with E-state index in [-0.39, 0.29) is 0 Å². The van der Waals surface area contributed by atoms with Crippen molar-refractivity contribution in [2.75, 3.05) is 18.5 Å². The molecule has 1 aliphatic heterocycles. The highest BCUT2D eigenvalue weighted by Gasteiger charge is 2.74. The maximum atomic E-state index is 13.3. The number of carbonyl (C=O) groups excluding carboxylic acids is 1. The summed E-state index contributed by atoms with van der Waals surface area (Å²) in [7, 11) is 0. The highest BCUT2D eigenvalue weighted by Crippen LogP contribution is 2.52. The van der Waals surface area contributed by atoms with E-state index in [1.54, 1.807) is 0 Å². The van der Waals surface area contributed by atoms with Crippen molar-refractivity contribution in [2.24, 2.45) is 0 Å². The van der Waals surface area contributed by atoms with Gasteiger partial charge in [0.25, 0.3) is 0 Å². The number of halogens is 7. The van der Waals surface area contributed by atoms with E-state index in [9.17, 15) is 22.4 Å². The summed E-state index contributed by atoms with van der Waals surface area (Å²) in [5, 5.41) is -6.50. The van der Waals surface area contributed by atoms with Crippen molar-refractivity contribution in [1.82, 2.24) is 0 Å². The summed E-state index contributed by atoms with van der Waals surface area (Å²) in [6, 6.07) is 5.97. The molecule has 1 aromatic rings. The number of rotatable bonds is 5. The number of ether oxygens (including phenoxy) is 3. The Kier molecular flexibility index (Phi) is 5.95. The minimum absolute atomic E-state index is 0.340. The average Bonchev–Trinajstić information content (AvgIpc) is 2.93. The summed E-state index contributed by atoms with van der Waals surface area (Å²) in [6.45, 7) is -1.39. The summed E-state index contributed by atoms with van der Waals surface area (Å²) < 4.78 is 66.7. The van der Waals surface area contributed by atoms with Gasteiger partial charge >= 0.3 is 22.6 Å². The molecule has 2 rings (SSSR count). The molecule has 1 N–H and O–H groups in total. The van der Waals surface area contributed by atoms with Crippen LogP contribution in [0.2, 0.25) is 5.02 Å².